The fourth-order valence-corrected chi connectivity index (χ4v) is 8.09. The quantitative estimate of drug-likeness (QED) is 0.139. The van der Waals surface area contributed by atoms with Gasteiger partial charge in [-0.25, -0.2) is 0 Å². The third-order valence-corrected chi connectivity index (χ3v) is 10.4. The van der Waals surface area contributed by atoms with Gasteiger partial charge >= 0.3 is 5.97 Å². The normalized spacial score (nSPS) is 22.4. The molecule has 4 atom stereocenters. The van der Waals surface area contributed by atoms with Gasteiger partial charge in [-0.05, 0) is 43.1 Å². The van der Waals surface area contributed by atoms with E-state index in [0.29, 0.717) is 25.3 Å². The first-order valence-corrected chi connectivity index (χ1v) is 16.6. The maximum atomic E-state index is 14.2. The van der Waals surface area contributed by atoms with E-state index in [4.69, 9.17) is 9.26 Å². The number of carbonyl (C=O) groups excluding carboxylic acids is 3. The number of nitrogens with zero attached hydrogens (tertiary/aromatic N) is 1. The van der Waals surface area contributed by atoms with Crippen LogP contribution in [0.25, 0.3) is 0 Å². The highest BCUT2D eigenvalue weighted by atomic mass is 31.2. The summed E-state index contributed by atoms with van der Waals surface area (Å²) in [5, 5.41) is 12.0. The molecule has 1 amide bonds. The first-order valence-electron chi connectivity index (χ1n) is 14.6. The Labute approximate surface area is 233 Å². The number of aryl methyl sites for hydroxylation is 1. The van der Waals surface area contributed by atoms with Crippen LogP contribution >= 0.6 is 7.37 Å². The Balaban J connectivity index is 1.73. The van der Waals surface area contributed by atoms with Gasteiger partial charge in [0.25, 0.3) is 0 Å². The van der Waals surface area contributed by atoms with Gasteiger partial charge in [0.05, 0.1) is 12.0 Å². The van der Waals surface area contributed by atoms with E-state index in [9.17, 15) is 24.1 Å². The Morgan fingerprint density at radius 1 is 1.05 bits per heavy atom. The predicted molar refractivity (Wildman–Crippen MR) is 148 cm³/mol. The van der Waals surface area contributed by atoms with Crippen molar-refractivity contribution in [2.75, 3.05) is 18.9 Å². The highest BCUT2D eigenvalue weighted by Crippen LogP contribution is 2.51. The molecular formula is C30H45NO7P-. The molecule has 9 heteroatoms. The van der Waals surface area contributed by atoms with Crippen molar-refractivity contribution in [2.24, 2.45) is 17.8 Å². The molecule has 8 nitrogen and oxygen atoms in total. The number of esters is 1. The van der Waals surface area contributed by atoms with E-state index in [1.807, 2.05) is 30.3 Å². The fourth-order valence-electron chi connectivity index (χ4n) is 5.79. The fraction of sp³-hybridized carbons (Fsp3) is 0.700. The second-order valence-corrected chi connectivity index (χ2v) is 14.1. The van der Waals surface area contributed by atoms with Crippen LogP contribution in [-0.2, 0) is 34.6 Å². The second-order valence-electron chi connectivity index (χ2n) is 11.5. The van der Waals surface area contributed by atoms with Crippen LogP contribution in [0.3, 0.4) is 0 Å². The number of aliphatic carboxylic acids is 1. The number of amides is 1. The van der Waals surface area contributed by atoms with E-state index >= 15 is 0 Å². The average molecular weight is 563 g/mol. The molecule has 0 N–H and O–H groups in total. The number of carbonyl (C=O) groups is 3. The van der Waals surface area contributed by atoms with Crippen molar-refractivity contribution in [2.45, 2.75) is 97.3 Å². The molecule has 1 saturated carbocycles. The lowest BCUT2D eigenvalue weighted by atomic mass is 9.79. The zero-order valence-electron chi connectivity index (χ0n) is 23.7. The molecule has 0 spiro atoms. The van der Waals surface area contributed by atoms with E-state index in [-0.39, 0.29) is 24.4 Å². The number of carboxylic acids is 1. The molecule has 1 saturated heterocycles. The lowest BCUT2D eigenvalue weighted by Crippen LogP contribution is -2.48. The minimum absolute atomic E-state index is 0.109. The molecule has 0 radical (unpaired) electrons. The standard InChI is InChI=1S/C30H46NO7P/c1-4-28(33)37-30(22(2)3)38-39(36,18-12-11-15-23-13-7-5-8-14-23)21-27(32)31-20-25(19-26(31)29(34)35)24-16-9-6-10-17-24/h5,7-8,13-14,22,24-26,30H,4,6,9-12,15-21H2,1-3H3,(H,34,35)/p-1. The summed E-state index contributed by atoms with van der Waals surface area (Å²) in [6, 6.07) is 8.96. The summed E-state index contributed by atoms with van der Waals surface area (Å²) in [6.45, 7) is 5.62. The molecule has 4 unspecified atom stereocenters. The lowest BCUT2D eigenvalue weighted by molar-refractivity contribution is -0.310. The minimum Gasteiger partial charge on any atom is -0.548 e. The Morgan fingerprint density at radius 2 is 1.74 bits per heavy atom. The molecule has 0 bridgehead atoms. The minimum atomic E-state index is -3.62. The third-order valence-electron chi connectivity index (χ3n) is 8.05. The number of benzene rings is 1. The van der Waals surface area contributed by atoms with Gasteiger partial charge in [0.1, 0.15) is 6.16 Å². The third kappa shape index (κ3) is 9.46. The van der Waals surface area contributed by atoms with Crippen LogP contribution in [0, 0.1) is 17.8 Å². The van der Waals surface area contributed by atoms with Crippen LogP contribution in [-0.4, -0.2) is 53.9 Å². The monoisotopic (exact) mass is 562 g/mol. The van der Waals surface area contributed by atoms with E-state index in [2.05, 4.69) is 0 Å². The topological polar surface area (TPSA) is 113 Å². The molecule has 2 fully saturated rings. The molecule has 0 aromatic heterocycles. The summed E-state index contributed by atoms with van der Waals surface area (Å²) in [5.74, 6) is -1.99. The van der Waals surface area contributed by atoms with Crippen LogP contribution in [0.15, 0.2) is 30.3 Å². The Morgan fingerprint density at radius 3 is 2.36 bits per heavy atom. The van der Waals surface area contributed by atoms with Gasteiger partial charge in [-0.15, -0.1) is 0 Å². The summed E-state index contributed by atoms with van der Waals surface area (Å²) in [4.78, 5) is 39.0. The highest BCUT2D eigenvalue weighted by Gasteiger charge is 2.42. The van der Waals surface area contributed by atoms with Crippen molar-refractivity contribution in [3.8, 4) is 0 Å². The molecule has 1 aromatic rings. The molecular weight excluding hydrogens is 517 g/mol. The molecule has 1 aliphatic heterocycles. The SMILES string of the molecule is CCC(=O)OC(OP(=O)(CCCCc1ccccc1)CC(=O)N1CC(C2CCCCC2)CC1C(=O)[O-])C(C)C. The van der Waals surface area contributed by atoms with E-state index in [1.54, 1.807) is 20.8 Å². The van der Waals surface area contributed by atoms with Gasteiger partial charge in [-0.2, -0.15) is 0 Å². The van der Waals surface area contributed by atoms with Gasteiger partial charge in [0.2, 0.25) is 19.6 Å². The summed E-state index contributed by atoms with van der Waals surface area (Å²) in [5.41, 5.74) is 1.17. The summed E-state index contributed by atoms with van der Waals surface area (Å²) in [7, 11) is -3.62. The number of carboxylic acid groups (broad SMARTS) is 1. The maximum Gasteiger partial charge on any atom is 0.307 e. The van der Waals surface area contributed by atoms with Crippen LogP contribution in [0.5, 0.6) is 0 Å². The van der Waals surface area contributed by atoms with Crippen LogP contribution < -0.4 is 5.11 Å². The molecule has 1 aromatic carbocycles. The number of unbranched alkanes of at least 4 members (excludes halogenated alkanes) is 1. The Kier molecular flexibility index (Phi) is 12.1. The largest absolute Gasteiger partial charge is 0.548 e. The van der Waals surface area contributed by atoms with Crippen LogP contribution in [0.1, 0.15) is 84.1 Å². The van der Waals surface area contributed by atoms with Crippen molar-refractivity contribution < 1.29 is 33.3 Å². The number of ether oxygens (including phenoxy) is 1. The van der Waals surface area contributed by atoms with E-state index in [0.717, 1.165) is 38.5 Å². The van der Waals surface area contributed by atoms with Crippen molar-refractivity contribution >= 4 is 25.2 Å². The second kappa shape index (κ2) is 15.0. The van der Waals surface area contributed by atoms with Gasteiger partial charge in [0, 0.05) is 25.0 Å². The van der Waals surface area contributed by atoms with E-state index < -0.39 is 43.7 Å². The lowest BCUT2D eigenvalue weighted by Gasteiger charge is -2.30. The zero-order valence-corrected chi connectivity index (χ0v) is 24.6. The number of hydrogen-bond donors (Lipinski definition) is 0. The molecule has 218 valence electrons. The smallest absolute Gasteiger partial charge is 0.307 e. The zero-order chi connectivity index (χ0) is 28.4. The predicted octanol–water partition coefficient (Wildman–Crippen LogP) is 4.79. The Bertz CT molecular complexity index is 992. The van der Waals surface area contributed by atoms with Gasteiger partial charge < -0.3 is 19.5 Å². The number of rotatable bonds is 14. The van der Waals surface area contributed by atoms with Crippen molar-refractivity contribution in [1.29, 1.82) is 0 Å². The van der Waals surface area contributed by atoms with Crippen LogP contribution in [0.4, 0.5) is 0 Å². The summed E-state index contributed by atoms with van der Waals surface area (Å²) >= 11 is 0. The summed E-state index contributed by atoms with van der Waals surface area (Å²) < 4.78 is 25.6. The van der Waals surface area contributed by atoms with Crippen molar-refractivity contribution in [1.82, 2.24) is 4.90 Å². The molecule has 39 heavy (non-hydrogen) atoms. The summed E-state index contributed by atoms with van der Waals surface area (Å²) in [6.07, 6.45) is 6.88. The maximum absolute atomic E-state index is 14.2. The Hall–Kier alpha value is -2.18. The van der Waals surface area contributed by atoms with Crippen molar-refractivity contribution in [3.63, 3.8) is 0 Å². The average Bonchev–Trinajstić information content (AvgIpc) is 3.38. The molecule has 3 rings (SSSR count). The van der Waals surface area contributed by atoms with Gasteiger partial charge in [0.15, 0.2) is 0 Å². The van der Waals surface area contributed by atoms with Crippen molar-refractivity contribution in [3.05, 3.63) is 35.9 Å². The molecule has 2 aliphatic rings. The number of hydrogen-bond acceptors (Lipinski definition) is 7. The van der Waals surface area contributed by atoms with Crippen LogP contribution in [0.2, 0.25) is 0 Å². The molecule has 1 aliphatic carbocycles. The first-order chi connectivity index (χ1) is 18.6. The molecule has 1 heterocycles. The van der Waals surface area contributed by atoms with Gasteiger partial charge in [-0.3, -0.25) is 18.7 Å². The first kappa shape index (κ1) is 31.3. The highest BCUT2D eigenvalue weighted by molar-refractivity contribution is 7.59. The number of likely N-dealkylation sites (tertiary alicyclic amines) is 1. The van der Waals surface area contributed by atoms with Gasteiger partial charge in [-0.1, -0.05) is 83.2 Å². The van der Waals surface area contributed by atoms with E-state index in [1.165, 1.54) is 16.9 Å².